The third kappa shape index (κ3) is 9.89. The molecule has 9 heterocycles. The zero-order valence-corrected chi connectivity index (χ0v) is 38.6. The first-order valence-corrected chi connectivity index (χ1v) is 23.0. The Kier molecular flexibility index (Phi) is 12.5. The highest BCUT2D eigenvalue weighted by Gasteiger charge is 2.11. The number of benzene rings is 3. The molecule has 0 fully saturated rings. The largest absolute Gasteiger partial charge is 0.256 e. The molecule has 0 radical (unpaired) electrons. The van der Waals surface area contributed by atoms with Gasteiger partial charge in [-0.15, -0.1) is 5.10 Å². The van der Waals surface area contributed by atoms with Crippen molar-refractivity contribution in [2.45, 2.75) is 72.6 Å². The van der Waals surface area contributed by atoms with Crippen molar-refractivity contribution in [2.75, 3.05) is 0 Å². The fourth-order valence-electron chi connectivity index (χ4n) is 8.12. The minimum absolute atomic E-state index is 0.770. The Morgan fingerprint density at radius 1 is 0.412 bits per heavy atom. The Labute approximate surface area is 392 Å². The van der Waals surface area contributed by atoms with E-state index in [1.165, 1.54) is 16.2 Å². The number of rotatable bonds is 10. The SMILES string of the molecule is Cc1cnc(C)n2nc(CCc3ccc4ccccc4n3)nc12.Cc1ncc(C)n2nc(CCCc3ccc4ccccc4n3)nc12.c1ccc2nc(CCc3nc4ccccn4n3)ccc2c1. The van der Waals surface area contributed by atoms with Gasteiger partial charge >= 0.3 is 0 Å². The maximum Gasteiger partial charge on any atom is 0.177 e. The second-order valence-corrected chi connectivity index (χ2v) is 16.9. The molecule has 14 nitrogen and oxygen atoms in total. The lowest BCUT2D eigenvalue weighted by Gasteiger charge is -2.02. The summed E-state index contributed by atoms with van der Waals surface area (Å²) < 4.78 is 5.51. The van der Waals surface area contributed by atoms with Crippen LogP contribution in [0.3, 0.4) is 0 Å². The molecule has 0 saturated carbocycles. The standard InChI is InChI=1S/C19H19N5.C18H17N5.C17H14N4/c1-13-12-20-14(2)19-22-18(23-24(13)19)9-5-7-16-11-10-15-6-3-4-8-17(15)21-16;1-12-11-19-13(2)23-18(12)21-17(22-23)10-9-15-8-7-14-5-3-4-6-16(14)20-15;1-2-6-15-13(5-1)8-9-14(18-15)10-11-16-19-17-7-3-4-12-21(17)20-16/h3-4,6,8,10-12H,5,7,9H2,1-2H3;3-8,11H,9-10H2,1-2H3;1-9,12H,10-11H2. The number of pyridine rings is 4. The number of nitrogens with zero attached hydrogens (tertiary/aromatic N) is 14. The van der Waals surface area contributed by atoms with Gasteiger partial charge in [-0.2, -0.15) is 14.7 Å². The summed E-state index contributed by atoms with van der Waals surface area (Å²) in [5.41, 5.74) is 12.0. The fraction of sp³-hybridized carbons (Fsp3) is 0.204. The molecule has 68 heavy (non-hydrogen) atoms. The first kappa shape index (κ1) is 43.5. The van der Waals surface area contributed by atoms with Gasteiger partial charge in [0.2, 0.25) is 0 Å². The van der Waals surface area contributed by atoms with Crippen LogP contribution in [-0.2, 0) is 38.5 Å². The van der Waals surface area contributed by atoms with Crippen molar-refractivity contribution < 1.29 is 0 Å². The second-order valence-electron chi connectivity index (χ2n) is 16.9. The van der Waals surface area contributed by atoms with Crippen LogP contribution in [0, 0.1) is 27.7 Å². The average Bonchev–Trinajstić information content (AvgIpc) is 4.14. The van der Waals surface area contributed by atoms with E-state index in [2.05, 4.69) is 106 Å². The summed E-state index contributed by atoms with van der Waals surface area (Å²) in [6.07, 6.45) is 11.6. The smallest absolute Gasteiger partial charge is 0.177 e. The van der Waals surface area contributed by atoms with Crippen molar-refractivity contribution >= 4 is 49.7 Å². The molecule has 12 rings (SSSR count). The molecule has 3 aromatic carbocycles. The summed E-state index contributed by atoms with van der Waals surface area (Å²) in [5, 5.41) is 17.2. The molecule has 0 spiro atoms. The number of para-hydroxylation sites is 3. The molecule has 9 aromatic heterocycles. The molecule has 0 saturated heterocycles. The van der Waals surface area contributed by atoms with Crippen molar-refractivity contribution in [3.63, 3.8) is 0 Å². The van der Waals surface area contributed by atoms with Crippen LogP contribution in [0.4, 0.5) is 0 Å². The Morgan fingerprint density at radius 2 is 0.941 bits per heavy atom. The van der Waals surface area contributed by atoms with E-state index in [0.29, 0.717) is 0 Å². The molecule has 0 amide bonds. The van der Waals surface area contributed by atoms with Gasteiger partial charge in [0.15, 0.2) is 34.4 Å². The van der Waals surface area contributed by atoms with Crippen molar-refractivity contribution in [2.24, 2.45) is 0 Å². The molecule has 0 N–H and O–H groups in total. The van der Waals surface area contributed by atoms with Crippen LogP contribution >= 0.6 is 0 Å². The van der Waals surface area contributed by atoms with Crippen LogP contribution in [0.2, 0.25) is 0 Å². The quantitative estimate of drug-likeness (QED) is 0.129. The number of hydrogen-bond acceptors (Lipinski definition) is 11. The van der Waals surface area contributed by atoms with Gasteiger partial charge < -0.3 is 0 Å². The average molecular weight is 895 g/mol. The van der Waals surface area contributed by atoms with E-state index in [1.54, 1.807) is 0 Å². The molecule has 0 bridgehead atoms. The number of hydrogen-bond donors (Lipinski definition) is 0. The van der Waals surface area contributed by atoms with Gasteiger partial charge in [0.25, 0.3) is 0 Å². The predicted molar refractivity (Wildman–Crippen MR) is 266 cm³/mol. The summed E-state index contributed by atoms with van der Waals surface area (Å²) in [5.74, 6) is 3.42. The van der Waals surface area contributed by atoms with Gasteiger partial charge in [-0.05, 0) is 102 Å². The minimum atomic E-state index is 0.770. The lowest BCUT2D eigenvalue weighted by molar-refractivity contribution is 0.750. The minimum Gasteiger partial charge on any atom is -0.256 e. The van der Waals surface area contributed by atoms with Gasteiger partial charge in [-0.25, -0.2) is 29.0 Å². The summed E-state index contributed by atoms with van der Waals surface area (Å²) in [7, 11) is 0. The van der Waals surface area contributed by atoms with Gasteiger partial charge in [0.05, 0.1) is 27.9 Å². The van der Waals surface area contributed by atoms with E-state index in [-0.39, 0.29) is 0 Å². The van der Waals surface area contributed by atoms with E-state index in [9.17, 15) is 0 Å². The van der Waals surface area contributed by atoms with Crippen LogP contribution in [-0.4, -0.2) is 68.7 Å². The number of aryl methyl sites for hydroxylation is 10. The normalized spacial score (nSPS) is 11.4. The third-order valence-corrected chi connectivity index (χ3v) is 11.8. The van der Waals surface area contributed by atoms with Crippen molar-refractivity contribution in [1.29, 1.82) is 0 Å². The Morgan fingerprint density at radius 3 is 1.53 bits per heavy atom. The highest BCUT2D eigenvalue weighted by Crippen LogP contribution is 2.17. The van der Waals surface area contributed by atoms with Gasteiger partial charge in [-0.3, -0.25) is 19.9 Å². The Bertz CT molecular complexity index is 3590. The van der Waals surface area contributed by atoms with Gasteiger partial charge in [0.1, 0.15) is 5.82 Å². The van der Waals surface area contributed by atoms with Crippen LogP contribution < -0.4 is 0 Å². The Hall–Kier alpha value is -8.39. The molecule has 0 aliphatic rings. The molecule has 0 atom stereocenters. The van der Waals surface area contributed by atoms with E-state index in [0.717, 1.165) is 136 Å². The van der Waals surface area contributed by atoms with E-state index >= 15 is 0 Å². The molecule has 336 valence electrons. The summed E-state index contributed by atoms with van der Waals surface area (Å²) >= 11 is 0. The fourth-order valence-corrected chi connectivity index (χ4v) is 8.12. The van der Waals surface area contributed by atoms with Crippen LogP contribution in [0.15, 0.2) is 146 Å². The van der Waals surface area contributed by atoms with Crippen molar-refractivity contribution in [3.05, 3.63) is 203 Å². The second kappa shape index (κ2) is 19.6. The molecule has 0 aliphatic carbocycles. The first-order valence-electron chi connectivity index (χ1n) is 23.0. The Balaban J connectivity index is 0.000000119. The topological polar surface area (TPSA) is 155 Å². The molecule has 0 unspecified atom stereocenters. The van der Waals surface area contributed by atoms with Gasteiger partial charge in [0, 0.05) is 76.7 Å². The van der Waals surface area contributed by atoms with Crippen LogP contribution in [0.25, 0.3) is 49.7 Å². The molecule has 14 heteroatoms. The van der Waals surface area contributed by atoms with E-state index < -0.39 is 0 Å². The van der Waals surface area contributed by atoms with E-state index in [1.807, 2.05) is 127 Å². The summed E-state index contributed by atoms with van der Waals surface area (Å²) in [6.45, 7) is 7.91. The lowest BCUT2D eigenvalue weighted by atomic mass is 10.1. The van der Waals surface area contributed by atoms with Crippen molar-refractivity contribution in [1.82, 2.24) is 68.7 Å². The monoisotopic (exact) mass is 894 g/mol. The third-order valence-electron chi connectivity index (χ3n) is 11.8. The van der Waals surface area contributed by atoms with Crippen molar-refractivity contribution in [3.8, 4) is 0 Å². The highest BCUT2D eigenvalue weighted by molar-refractivity contribution is 5.79. The summed E-state index contributed by atoms with van der Waals surface area (Å²) in [4.78, 5) is 36.5. The number of fused-ring (bicyclic) bond motifs is 6. The molecule has 0 aliphatic heterocycles. The predicted octanol–water partition coefficient (Wildman–Crippen LogP) is 9.60. The maximum absolute atomic E-state index is 4.72. The highest BCUT2D eigenvalue weighted by atomic mass is 15.3. The summed E-state index contributed by atoms with van der Waals surface area (Å²) in [6, 6.07) is 43.1. The molecule has 12 aromatic rings. The molecular formula is C54H50N14. The molecular weight excluding hydrogens is 845 g/mol. The number of aromatic nitrogens is 14. The maximum atomic E-state index is 4.72. The zero-order valence-electron chi connectivity index (χ0n) is 38.6. The van der Waals surface area contributed by atoms with Crippen LogP contribution in [0.5, 0.6) is 0 Å². The first-order chi connectivity index (χ1) is 33.3. The zero-order chi connectivity index (χ0) is 46.4. The van der Waals surface area contributed by atoms with Crippen LogP contribution in [0.1, 0.15) is 63.8 Å². The van der Waals surface area contributed by atoms with E-state index in [4.69, 9.17) is 9.97 Å². The van der Waals surface area contributed by atoms with Gasteiger partial charge in [-0.1, -0.05) is 78.9 Å². The lowest BCUT2D eigenvalue weighted by Crippen LogP contribution is -1.99.